The van der Waals surface area contributed by atoms with Gasteiger partial charge in [-0.25, -0.2) is 0 Å². The summed E-state index contributed by atoms with van der Waals surface area (Å²) in [6, 6.07) is 0. The van der Waals surface area contributed by atoms with Crippen molar-refractivity contribution in [3.8, 4) is 12.3 Å². The van der Waals surface area contributed by atoms with E-state index in [9.17, 15) is 5.11 Å². The molecule has 2 saturated heterocycles. The van der Waals surface area contributed by atoms with E-state index in [1.165, 1.54) is 0 Å². The van der Waals surface area contributed by atoms with Crippen LogP contribution in [0.2, 0.25) is 0 Å². The first-order chi connectivity index (χ1) is 9.96. The van der Waals surface area contributed by atoms with Crippen LogP contribution in [0.5, 0.6) is 0 Å². The summed E-state index contributed by atoms with van der Waals surface area (Å²) >= 11 is 10.8. The molecule has 2 fully saturated rings. The minimum Gasteiger partial charge on any atom is -0.390 e. The summed E-state index contributed by atoms with van der Waals surface area (Å²) < 4.78 is 12.1. The van der Waals surface area contributed by atoms with Crippen LogP contribution in [0.4, 0.5) is 0 Å². The fourth-order valence-electron chi connectivity index (χ4n) is 2.97. The molecule has 2 aliphatic rings. The average molecular weight is 489 g/mol. The zero-order chi connectivity index (χ0) is 15.6. The molecule has 0 aromatic rings. The Morgan fingerprint density at radius 2 is 1.86 bits per heavy atom. The van der Waals surface area contributed by atoms with Crippen molar-refractivity contribution in [2.45, 2.75) is 77.6 Å². The number of hydrogen-bond donors (Lipinski definition) is 1. The first kappa shape index (κ1) is 18.2. The van der Waals surface area contributed by atoms with Crippen molar-refractivity contribution in [2.24, 2.45) is 0 Å². The van der Waals surface area contributed by atoms with E-state index < -0.39 is 6.10 Å². The molecule has 0 aliphatic carbocycles. The van der Waals surface area contributed by atoms with Crippen molar-refractivity contribution in [3.05, 3.63) is 0 Å². The van der Waals surface area contributed by atoms with Crippen LogP contribution >= 0.6 is 47.8 Å². The number of rotatable bonds is 4. The van der Waals surface area contributed by atoms with Gasteiger partial charge in [0.1, 0.15) is 4.83 Å². The maximum atomic E-state index is 10.2. The molecule has 21 heavy (non-hydrogen) atoms. The van der Waals surface area contributed by atoms with Gasteiger partial charge < -0.3 is 14.6 Å². The minimum atomic E-state index is -0.478. The first-order valence-electron chi connectivity index (χ1n) is 7.33. The molecule has 0 aromatic heterocycles. The van der Waals surface area contributed by atoms with E-state index in [-0.39, 0.29) is 34.1 Å². The Morgan fingerprint density at radius 1 is 1.19 bits per heavy atom. The Balaban J connectivity index is 1.93. The Bertz CT molecular complexity index is 387. The molecule has 3 nitrogen and oxygen atoms in total. The van der Waals surface area contributed by atoms with Crippen LogP contribution in [0.15, 0.2) is 0 Å². The van der Waals surface area contributed by atoms with Gasteiger partial charge in [-0.2, -0.15) is 0 Å². The molecule has 0 aromatic carbocycles. The average Bonchev–Trinajstić information content (AvgIpc) is 2.82. The largest absolute Gasteiger partial charge is 0.390 e. The summed E-state index contributed by atoms with van der Waals surface area (Å²) in [6.45, 7) is 2.13. The normalized spacial score (nSPS) is 45.2. The smallest absolute Gasteiger partial charge is 0.101 e. The zero-order valence-electron chi connectivity index (χ0n) is 11.9. The quantitative estimate of drug-likeness (QED) is 0.487. The van der Waals surface area contributed by atoms with Crippen molar-refractivity contribution >= 4 is 47.8 Å². The molecule has 2 heterocycles. The topological polar surface area (TPSA) is 38.7 Å². The summed E-state index contributed by atoms with van der Waals surface area (Å²) in [5.74, 6) is 2.62. The monoisotopic (exact) mass is 486 g/mol. The molecule has 2 aliphatic heterocycles. The fourth-order valence-corrected chi connectivity index (χ4v) is 5.45. The Labute approximate surface area is 151 Å². The van der Waals surface area contributed by atoms with Crippen molar-refractivity contribution in [3.63, 3.8) is 0 Å². The minimum absolute atomic E-state index is 0.0572. The highest BCUT2D eigenvalue weighted by Crippen LogP contribution is 2.36. The number of ether oxygens (including phenoxy) is 2. The molecule has 8 atom stereocenters. The molecule has 120 valence electrons. The van der Waals surface area contributed by atoms with E-state index in [1.54, 1.807) is 0 Å². The molecule has 0 saturated carbocycles. The second kappa shape index (κ2) is 8.12. The van der Waals surface area contributed by atoms with Crippen LogP contribution in [-0.4, -0.2) is 50.1 Å². The highest BCUT2D eigenvalue weighted by atomic mass is 79.9. The van der Waals surface area contributed by atoms with Crippen LogP contribution in [0.3, 0.4) is 0 Å². The lowest BCUT2D eigenvalue weighted by Crippen LogP contribution is -2.44. The van der Waals surface area contributed by atoms with E-state index in [1.807, 2.05) is 0 Å². The highest BCUT2D eigenvalue weighted by molar-refractivity contribution is 9.10. The van der Waals surface area contributed by atoms with Gasteiger partial charge in [0.2, 0.25) is 0 Å². The Kier molecular flexibility index (Phi) is 7.05. The lowest BCUT2D eigenvalue weighted by atomic mass is 9.96. The summed E-state index contributed by atoms with van der Waals surface area (Å²) in [7, 11) is 0. The summed E-state index contributed by atoms with van der Waals surface area (Å²) in [5.41, 5.74) is 0. The molecule has 2 rings (SSSR count). The standard InChI is InChI=1S/C15H21Br3O3/c1-3-8(16)13-6-11(19)15(21-13)7-14-10(18)5-9(17)12(4-2)20-14/h1,8-15,19H,4-7H2,2H3. The van der Waals surface area contributed by atoms with E-state index in [0.29, 0.717) is 17.7 Å². The van der Waals surface area contributed by atoms with E-state index in [0.717, 1.165) is 12.8 Å². The van der Waals surface area contributed by atoms with Gasteiger partial charge in [-0.05, 0) is 12.8 Å². The summed E-state index contributed by atoms with van der Waals surface area (Å²) in [4.78, 5) is 0.491. The predicted molar refractivity (Wildman–Crippen MR) is 94.4 cm³/mol. The molecule has 0 radical (unpaired) electrons. The molecular weight excluding hydrogens is 468 g/mol. The van der Waals surface area contributed by atoms with Gasteiger partial charge in [0.05, 0.1) is 30.5 Å². The third-order valence-corrected chi connectivity index (χ3v) is 6.99. The number of aliphatic hydroxyl groups excluding tert-OH is 1. The maximum Gasteiger partial charge on any atom is 0.101 e. The van der Waals surface area contributed by atoms with Crippen LogP contribution in [-0.2, 0) is 9.47 Å². The zero-order valence-corrected chi connectivity index (χ0v) is 16.7. The van der Waals surface area contributed by atoms with Gasteiger partial charge in [-0.15, -0.1) is 6.42 Å². The predicted octanol–water partition coefficient (Wildman–Crippen LogP) is 3.39. The van der Waals surface area contributed by atoms with Gasteiger partial charge in [-0.1, -0.05) is 60.6 Å². The highest BCUT2D eigenvalue weighted by Gasteiger charge is 2.42. The number of aliphatic hydroxyl groups is 1. The van der Waals surface area contributed by atoms with Crippen LogP contribution in [0.1, 0.15) is 32.6 Å². The third kappa shape index (κ3) is 4.45. The van der Waals surface area contributed by atoms with Crippen LogP contribution in [0, 0.1) is 12.3 Å². The van der Waals surface area contributed by atoms with Gasteiger partial charge in [0.25, 0.3) is 0 Å². The lowest BCUT2D eigenvalue weighted by Gasteiger charge is -2.38. The van der Waals surface area contributed by atoms with Crippen molar-refractivity contribution < 1.29 is 14.6 Å². The van der Waals surface area contributed by atoms with Gasteiger partial charge in [0.15, 0.2) is 0 Å². The van der Waals surface area contributed by atoms with E-state index >= 15 is 0 Å². The number of halogens is 3. The first-order valence-corrected chi connectivity index (χ1v) is 10.1. The molecule has 8 unspecified atom stereocenters. The van der Waals surface area contributed by atoms with Crippen LogP contribution < -0.4 is 0 Å². The molecule has 1 N–H and O–H groups in total. The molecular formula is C15H21Br3O3. The summed E-state index contributed by atoms with van der Waals surface area (Å²) in [6.07, 6.45) is 8.11. The molecule has 0 amide bonds. The lowest BCUT2D eigenvalue weighted by molar-refractivity contribution is -0.0796. The van der Waals surface area contributed by atoms with E-state index in [4.69, 9.17) is 15.9 Å². The second-order valence-electron chi connectivity index (χ2n) is 5.71. The number of alkyl halides is 3. The van der Waals surface area contributed by atoms with Gasteiger partial charge in [-0.3, -0.25) is 0 Å². The van der Waals surface area contributed by atoms with E-state index in [2.05, 4.69) is 60.6 Å². The van der Waals surface area contributed by atoms with Crippen molar-refractivity contribution in [1.29, 1.82) is 0 Å². The SMILES string of the molecule is C#CC(Br)C1CC(O)C(CC2OC(CC)C(Br)CC2Br)O1. The van der Waals surface area contributed by atoms with Gasteiger partial charge in [0, 0.05) is 22.5 Å². The molecule has 0 spiro atoms. The van der Waals surface area contributed by atoms with Crippen LogP contribution in [0.25, 0.3) is 0 Å². The fraction of sp³-hybridized carbons (Fsp3) is 0.867. The number of terminal acetylenes is 1. The Hall–Kier alpha value is 0.880. The second-order valence-corrected chi connectivity index (χ2v) is 9.05. The maximum absolute atomic E-state index is 10.2. The summed E-state index contributed by atoms with van der Waals surface area (Å²) in [5, 5.41) is 10.2. The van der Waals surface area contributed by atoms with Crippen molar-refractivity contribution in [2.75, 3.05) is 0 Å². The third-order valence-electron chi connectivity index (χ3n) is 4.21. The number of hydrogen-bond acceptors (Lipinski definition) is 3. The molecule has 0 bridgehead atoms. The van der Waals surface area contributed by atoms with Crippen molar-refractivity contribution in [1.82, 2.24) is 0 Å². The molecule has 6 heteroatoms. The van der Waals surface area contributed by atoms with Gasteiger partial charge >= 0.3 is 0 Å². The Morgan fingerprint density at radius 3 is 2.48 bits per heavy atom.